The van der Waals surface area contributed by atoms with Crippen LogP contribution < -0.4 is 9.47 Å². The van der Waals surface area contributed by atoms with Gasteiger partial charge >= 0.3 is 6.36 Å². The first-order valence-corrected chi connectivity index (χ1v) is 7.36. The minimum atomic E-state index is -5.00. The number of ether oxygens (including phenoxy) is 2. The molecule has 2 aromatic rings. The summed E-state index contributed by atoms with van der Waals surface area (Å²) >= 11 is 0. The normalized spacial score (nSPS) is 25.4. The van der Waals surface area contributed by atoms with E-state index < -0.39 is 51.2 Å². The van der Waals surface area contributed by atoms with Crippen LogP contribution >= 0.6 is 0 Å². The number of nitro benzene ring substituents is 1. The Bertz CT molecular complexity index is 1020. The zero-order valence-electron chi connectivity index (χ0n) is 13.0. The smallest absolute Gasteiger partial charge is 0.453 e. The fourth-order valence-corrected chi connectivity index (χ4v) is 3.44. The van der Waals surface area contributed by atoms with Crippen LogP contribution in [0.15, 0.2) is 36.4 Å². The van der Waals surface area contributed by atoms with E-state index in [-0.39, 0.29) is 11.1 Å². The van der Waals surface area contributed by atoms with Crippen molar-refractivity contribution in [2.45, 2.75) is 17.8 Å². The Labute approximate surface area is 147 Å². The first-order valence-electron chi connectivity index (χ1n) is 7.36. The van der Waals surface area contributed by atoms with Gasteiger partial charge in [0, 0.05) is 23.3 Å². The highest BCUT2D eigenvalue weighted by Crippen LogP contribution is 2.60. The summed E-state index contributed by atoms with van der Waals surface area (Å²) in [5, 5.41) is 33.2. The van der Waals surface area contributed by atoms with E-state index in [2.05, 4.69) is 4.74 Å². The molecule has 2 aliphatic rings. The number of aliphatic hydroxyl groups is 2. The molecule has 140 valence electrons. The molecule has 11 heteroatoms. The van der Waals surface area contributed by atoms with E-state index in [1.165, 1.54) is 12.1 Å². The van der Waals surface area contributed by atoms with Gasteiger partial charge in [-0.2, -0.15) is 0 Å². The van der Waals surface area contributed by atoms with E-state index >= 15 is 0 Å². The van der Waals surface area contributed by atoms with Crippen LogP contribution in [0.25, 0.3) is 0 Å². The molecule has 1 heterocycles. The maximum Gasteiger partial charge on any atom is 0.573 e. The number of hydrogen-bond donors (Lipinski definition) is 2. The molecule has 2 atom stereocenters. The fraction of sp³-hybridized carbons (Fsp3) is 0.188. The van der Waals surface area contributed by atoms with E-state index in [9.17, 15) is 38.3 Å². The lowest BCUT2D eigenvalue weighted by molar-refractivity contribution is -0.388. The number of fused-ring (bicyclic) bond motifs is 5. The first-order chi connectivity index (χ1) is 12.5. The van der Waals surface area contributed by atoms with Crippen molar-refractivity contribution in [1.82, 2.24) is 0 Å². The summed E-state index contributed by atoms with van der Waals surface area (Å²) in [7, 11) is 0. The average molecular weight is 383 g/mol. The van der Waals surface area contributed by atoms with Gasteiger partial charge in [-0.3, -0.25) is 14.9 Å². The van der Waals surface area contributed by atoms with Gasteiger partial charge in [0.2, 0.25) is 11.4 Å². The van der Waals surface area contributed by atoms with Crippen LogP contribution in [0.2, 0.25) is 0 Å². The summed E-state index contributed by atoms with van der Waals surface area (Å²) in [5.41, 5.74) is -4.67. The summed E-state index contributed by atoms with van der Waals surface area (Å²) in [5.74, 6) is -5.14. The number of Topliss-reactive ketones (excluding diaryl/α,β-unsaturated/α-hetero) is 1. The summed E-state index contributed by atoms with van der Waals surface area (Å²) < 4.78 is 46.1. The maximum atomic E-state index is 12.7. The number of ketones is 1. The molecule has 4 rings (SSSR count). The molecule has 0 radical (unpaired) electrons. The van der Waals surface area contributed by atoms with Gasteiger partial charge in [-0.25, -0.2) is 0 Å². The van der Waals surface area contributed by atoms with Gasteiger partial charge < -0.3 is 19.7 Å². The number of nitrogens with zero attached hydrogens (tertiary/aromatic N) is 1. The van der Waals surface area contributed by atoms with Crippen molar-refractivity contribution >= 4 is 11.5 Å². The Morgan fingerprint density at radius 3 is 2.52 bits per heavy atom. The van der Waals surface area contributed by atoms with Crippen molar-refractivity contribution in [3.63, 3.8) is 0 Å². The van der Waals surface area contributed by atoms with Gasteiger partial charge in [-0.1, -0.05) is 12.1 Å². The molecule has 0 saturated heterocycles. The van der Waals surface area contributed by atoms with Crippen molar-refractivity contribution in [3.05, 3.63) is 63.2 Å². The van der Waals surface area contributed by atoms with Crippen LogP contribution in [-0.4, -0.2) is 27.3 Å². The summed E-state index contributed by atoms with van der Waals surface area (Å²) in [4.78, 5) is 23.1. The largest absolute Gasteiger partial charge is 0.573 e. The van der Waals surface area contributed by atoms with Crippen LogP contribution in [0.4, 0.5) is 18.9 Å². The molecule has 27 heavy (non-hydrogen) atoms. The zero-order valence-corrected chi connectivity index (χ0v) is 13.0. The molecular weight excluding hydrogens is 375 g/mol. The lowest BCUT2D eigenvalue weighted by Gasteiger charge is -2.28. The minimum Gasteiger partial charge on any atom is -0.453 e. The van der Waals surface area contributed by atoms with Gasteiger partial charge in [0.25, 0.3) is 11.5 Å². The van der Waals surface area contributed by atoms with E-state index in [1.54, 1.807) is 0 Å². The molecular formula is C16H8F3NO7. The standard InChI is InChI=1S/C16H8F3NO7/c17-16(18,19)26-7-4-5-9-11(6-7)27-15(23)12-8(13(21)14(9,15)22)2-1-3-10(12)20(24)25/h1-6,22-23H. The molecule has 2 aromatic carbocycles. The van der Waals surface area contributed by atoms with Crippen molar-refractivity contribution in [2.24, 2.45) is 0 Å². The minimum absolute atomic E-state index is 0.324. The Balaban J connectivity index is 1.91. The Hall–Kier alpha value is -3.18. The highest BCUT2D eigenvalue weighted by Gasteiger charge is 2.72. The first kappa shape index (κ1) is 17.2. The van der Waals surface area contributed by atoms with Crippen molar-refractivity contribution in [3.8, 4) is 11.5 Å². The van der Waals surface area contributed by atoms with Crippen molar-refractivity contribution in [1.29, 1.82) is 0 Å². The number of carbonyl (C=O) groups is 1. The summed E-state index contributed by atoms with van der Waals surface area (Å²) in [6.07, 6.45) is -5.00. The van der Waals surface area contributed by atoms with Crippen LogP contribution in [0.5, 0.6) is 11.5 Å². The van der Waals surface area contributed by atoms with Gasteiger partial charge in [-0.05, 0) is 12.1 Å². The van der Waals surface area contributed by atoms with Crippen LogP contribution in [0, 0.1) is 10.1 Å². The van der Waals surface area contributed by atoms with Crippen molar-refractivity contribution in [2.75, 3.05) is 0 Å². The van der Waals surface area contributed by atoms with Crippen LogP contribution in [0.1, 0.15) is 21.5 Å². The second-order valence-corrected chi connectivity index (χ2v) is 5.95. The molecule has 0 fully saturated rings. The molecule has 2 N–H and O–H groups in total. The van der Waals surface area contributed by atoms with Gasteiger partial charge in [0.1, 0.15) is 17.1 Å². The second kappa shape index (κ2) is 4.96. The number of halogens is 3. The summed E-state index contributed by atoms with van der Waals surface area (Å²) in [6.45, 7) is 0. The highest BCUT2D eigenvalue weighted by molar-refractivity contribution is 6.10. The molecule has 0 aromatic heterocycles. The van der Waals surface area contributed by atoms with Gasteiger partial charge in [0.05, 0.1) is 4.92 Å². The molecule has 0 spiro atoms. The Morgan fingerprint density at radius 1 is 1.19 bits per heavy atom. The lowest BCUT2D eigenvalue weighted by Crippen LogP contribution is -2.48. The highest BCUT2D eigenvalue weighted by atomic mass is 19.4. The quantitative estimate of drug-likeness (QED) is 0.602. The van der Waals surface area contributed by atoms with E-state index in [1.807, 2.05) is 0 Å². The lowest BCUT2D eigenvalue weighted by atomic mass is 9.87. The Morgan fingerprint density at radius 2 is 1.89 bits per heavy atom. The number of nitro groups is 1. The number of hydrogen-bond acceptors (Lipinski definition) is 7. The maximum absolute atomic E-state index is 12.7. The van der Waals surface area contributed by atoms with E-state index in [4.69, 9.17) is 4.74 Å². The monoisotopic (exact) mass is 383 g/mol. The SMILES string of the molecule is O=C1c2cccc([N+](=O)[O-])c2C2(O)Oc3cc(OC(F)(F)F)ccc3C12O. The predicted molar refractivity (Wildman–Crippen MR) is 79.0 cm³/mol. The number of alkyl halides is 3. The number of rotatable bonds is 2. The molecule has 0 amide bonds. The van der Waals surface area contributed by atoms with Crippen molar-refractivity contribution < 1.29 is 42.6 Å². The molecule has 8 nitrogen and oxygen atoms in total. The third-order valence-electron chi connectivity index (χ3n) is 4.48. The fourth-order valence-electron chi connectivity index (χ4n) is 3.44. The number of carbonyl (C=O) groups excluding carboxylic acids is 1. The van der Waals surface area contributed by atoms with Crippen LogP contribution in [-0.2, 0) is 11.4 Å². The Kier molecular flexibility index (Phi) is 3.17. The van der Waals surface area contributed by atoms with Gasteiger partial charge in [0.15, 0.2) is 0 Å². The topological polar surface area (TPSA) is 119 Å². The third kappa shape index (κ3) is 2.09. The van der Waals surface area contributed by atoms with E-state index in [0.717, 1.165) is 24.3 Å². The van der Waals surface area contributed by atoms with Crippen LogP contribution in [0.3, 0.4) is 0 Å². The third-order valence-corrected chi connectivity index (χ3v) is 4.48. The molecule has 1 aliphatic carbocycles. The molecule has 0 bridgehead atoms. The molecule has 2 unspecified atom stereocenters. The summed E-state index contributed by atoms with van der Waals surface area (Å²) in [6, 6.07) is 5.83. The second-order valence-electron chi connectivity index (χ2n) is 5.95. The average Bonchev–Trinajstić information content (AvgIpc) is 2.89. The number of benzene rings is 2. The van der Waals surface area contributed by atoms with Gasteiger partial charge in [-0.15, -0.1) is 13.2 Å². The predicted octanol–water partition coefficient (Wildman–Crippen LogP) is 2.12. The molecule has 0 saturated carbocycles. The van der Waals surface area contributed by atoms with E-state index in [0.29, 0.717) is 0 Å². The zero-order chi connectivity index (χ0) is 19.8. The molecule has 1 aliphatic heterocycles.